The molecule has 6 aromatic carbocycles. The Kier molecular flexibility index (Phi) is 6.73. The maximum Gasteiger partial charge on any atom is 0.0875 e. The van der Waals surface area contributed by atoms with Crippen LogP contribution in [0, 0.1) is 0 Å². The van der Waals surface area contributed by atoms with Gasteiger partial charge in [0.05, 0.1) is 41.0 Å². The Labute approximate surface area is 292 Å². The smallest absolute Gasteiger partial charge is 0.0875 e. The van der Waals surface area contributed by atoms with Gasteiger partial charge < -0.3 is 9.47 Å². The summed E-state index contributed by atoms with van der Waals surface area (Å²) in [5, 5.41) is 6.45. The zero-order chi connectivity index (χ0) is 33.2. The van der Waals surface area contributed by atoms with Gasteiger partial charge in [0.1, 0.15) is 0 Å². The van der Waals surface area contributed by atoms with Crippen molar-refractivity contribution in [1.82, 2.24) is 14.8 Å². The number of benzene rings is 6. The van der Waals surface area contributed by atoms with Crippen molar-refractivity contribution >= 4 is 38.8 Å². The Hall–Kier alpha value is -5.94. The summed E-state index contributed by atoms with van der Waals surface area (Å²) < 4.78 is 2.38. The van der Waals surface area contributed by atoms with Crippen molar-refractivity contribution in [1.29, 1.82) is 0 Å². The summed E-state index contributed by atoms with van der Waals surface area (Å²) in [7, 11) is 0. The lowest BCUT2D eigenvalue weighted by atomic mass is 9.98. The Morgan fingerprint density at radius 3 is 2.00 bits per heavy atom. The first-order valence-corrected chi connectivity index (χ1v) is 17.4. The maximum absolute atomic E-state index is 4.51. The molecule has 0 radical (unpaired) electrons. The quantitative estimate of drug-likeness (QED) is 0.189. The van der Waals surface area contributed by atoms with Crippen LogP contribution in [0.5, 0.6) is 0 Å². The molecule has 5 atom stereocenters. The highest BCUT2D eigenvalue weighted by Gasteiger charge is 2.61. The van der Waals surface area contributed by atoms with Gasteiger partial charge in [-0.05, 0) is 70.8 Å². The number of para-hydroxylation sites is 2. The van der Waals surface area contributed by atoms with Crippen molar-refractivity contribution in [2.45, 2.75) is 24.3 Å². The summed E-state index contributed by atoms with van der Waals surface area (Å²) in [4.78, 5) is 4.95. The molecule has 7 aromatic rings. The predicted molar refractivity (Wildman–Crippen MR) is 207 cm³/mol. The molecule has 50 heavy (non-hydrogen) atoms. The van der Waals surface area contributed by atoms with Crippen LogP contribution in [0.1, 0.15) is 40.5 Å². The van der Waals surface area contributed by atoms with Crippen LogP contribution in [-0.4, -0.2) is 15.5 Å². The number of allylic oxidation sites excluding steroid dienone is 4. The number of aromatic nitrogens is 1. The molecule has 4 heterocycles. The summed E-state index contributed by atoms with van der Waals surface area (Å²) in [6, 6.07) is 56.1. The second-order valence-corrected chi connectivity index (χ2v) is 13.5. The van der Waals surface area contributed by atoms with Crippen LogP contribution in [0.15, 0.2) is 183 Å². The molecule has 0 amide bonds. The molecule has 4 nitrogen and oxygen atoms in total. The third kappa shape index (κ3) is 4.61. The van der Waals surface area contributed by atoms with Crippen molar-refractivity contribution in [2.75, 3.05) is 4.90 Å². The van der Waals surface area contributed by atoms with Gasteiger partial charge in [0.15, 0.2) is 0 Å². The number of fused-ring (bicyclic) bond motifs is 5. The fourth-order valence-electron chi connectivity index (χ4n) is 8.39. The van der Waals surface area contributed by atoms with Gasteiger partial charge in [-0.15, -0.1) is 0 Å². The number of anilines is 2. The van der Waals surface area contributed by atoms with E-state index in [9.17, 15) is 0 Å². The first-order chi connectivity index (χ1) is 24.7. The first-order valence-electron chi connectivity index (χ1n) is 17.4. The molecular formula is C46H36N4. The van der Waals surface area contributed by atoms with E-state index in [1.165, 1.54) is 38.5 Å². The second-order valence-electron chi connectivity index (χ2n) is 13.5. The summed E-state index contributed by atoms with van der Waals surface area (Å²) in [6.45, 7) is 4.51. The Bertz CT molecular complexity index is 2440. The Balaban J connectivity index is 1.06. The molecule has 0 bridgehead atoms. The molecular weight excluding hydrogens is 609 g/mol. The molecule has 3 aliphatic heterocycles. The summed E-state index contributed by atoms with van der Waals surface area (Å²) in [6.07, 6.45) is 8.59. The molecule has 240 valence electrons. The van der Waals surface area contributed by atoms with Crippen LogP contribution in [0.25, 0.3) is 33.1 Å². The van der Waals surface area contributed by atoms with Gasteiger partial charge in [-0.1, -0.05) is 128 Å². The van der Waals surface area contributed by atoms with E-state index < -0.39 is 0 Å². The van der Waals surface area contributed by atoms with Gasteiger partial charge in [0, 0.05) is 33.9 Å². The van der Waals surface area contributed by atoms with Crippen LogP contribution < -0.4 is 10.2 Å². The van der Waals surface area contributed by atoms with E-state index in [-0.39, 0.29) is 12.2 Å². The highest BCUT2D eigenvalue weighted by atomic mass is 15.5. The fourth-order valence-corrected chi connectivity index (χ4v) is 8.39. The topological polar surface area (TPSA) is 23.2 Å². The number of nitrogens with zero attached hydrogens (tertiary/aromatic N) is 3. The van der Waals surface area contributed by atoms with E-state index in [2.05, 4.69) is 202 Å². The van der Waals surface area contributed by atoms with E-state index in [0.717, 1.165) is 28.2 Å². The average Bonchev–Trinajstić information content (AvgIpc) is 3.64. The van der Waals surface area contributed by atoms with Gasteiger partial charge in [-0.3, -0.25) is 10.2 Å². The van der Waals surface area contributed by atoms with E-state index in [4.69, 9.17) is 0 Å². The molecule has 0 saturated carbocycles. The Morgan fingerprint density at radius 2 is 1.24 bits per heavy atom. The van der Waals surface area contributed by atoms with Crippen LogP contribution in [0.4, 0.5) is 11.4 Å². The predicted octanol–water partition coefficient (Wildman–Crippen LogP) is 10.8. The van der Waals surface area contributed by atoms with Crippen LogP contribution in [0.3, 0.4) is 0 Å². The molecule has 5 unspecified atom stereocenters. The van der Waals surface area contributed by atoms with E-state index >= 15 is 0 Å². The minimum Gasteiger partial charge on any atom is -0.316 e. The molecule has 1 aromatic heterocycles. The van der Waals surface area contributed by atoms with Crippen LogP contribution in [-0.2, 0) is 0 Å². The van der Waals surface area contributed by atoms with Crippen molar-refractivity contribution in [3.63, 3.8) is 0 Å². The van der Waals surface area contributed by atoms with E-state index in [1.54, 1.807) is 0 Å². The third-order valence-corrected chi connectivity index (χ3v) is 10.7. The minimum atomic E-state index is 0.128. The molecule has 0 spiro atoms. The van der Waals surface area contributed by atoms with Gasteiger partial charge in [0.2, 0.25) is 0 Å². The van der Waals surface area contributed by atoms with E-state index in [0.29, 0.717) is 12.1 Å². The Morgan fingerprint density at radius 1 is 0.560 bits per heavy atom. The number of hydrogen-bond donors (Lipinski definition) is 1. The molecule has 2 saturated heterocycles. The van der Waals surface area contributed by atoms with Crippen molar-refractivity contribution in [3.05, 3.63) is 205 Å². The van der Waals surface area contributed by atoms with Gasteiger partial charge in [-0.25, -0.2) is 0 Å². The average molecular weight is 645 g/mol. The van der Waals surface area contributed by atoms with Gasteiger partial charge >= 0.3 is 0 Å². The highest BCUT2D eigenvalue weighted by molar-refractivity contribution is 6.12. The lowest BCUT2D eigenvalue weighted by Crippen LogP contribution is -2.26. The minimum absolute atomic E-state index is 0.128. The number of hydrogen-bond acceptors (Lipinski definition) is 3. The largest absolute Gasteiger partial charge is 0.316 e. The van der Waals surface area contributed by atoms with E-state index in [1.807, 2.05) is 0 Å². The SMILES string of the molecule is C=C1/C=C\C=C/N(c2ccc(C3NC(c4ccccc4)C4C(c5ccccc5)N34)cc2)c2cc3c(cc21)c1ccccc1n3-c1ccccc1. The van der Waals surface area contributed by atoms with Crippen molar-refractivity contribution < 1.29 is 0 Å². The maximum atomic E-state index is 4.51. The van der Waals surface area contributed by atoms with Gasteiger partial charge in [0.25, 0.3) is 0 Å². The molecule has 3 aliphatic rings. The number of nitrogens with one attached hydrogen (secondary N) is 1. The van der Waals surface area contributed by atoms with Crippen LogP contribution in [0.2, 0.25) is 0 Å². The fraction of sp³-hybridized carbons (Fsp3) is 0.0870. The van der Waals surface area contributed by atoms with Crippen LogP contribution >= 0.6 is 0 Å². The zero-order valence-corrected chi connectivity index (χ0v) is 27.6. The van der Waals surface area contributed by atoms with Crippen molar-refractivity contribution in [2.24, 2.45) is 0 Å². The lowest BCUT2D eigenvalue weighted by Gasteiger charge is -2.27. The third-order valence-electron chi connectivity index (χ3n) is 10.7. The lowest BCUT2D eigenvalue weighted by molar-refractivity contribution is 0.358. The standard InChI is InChI=1S/C46H36N4/c1-31-15-13-14-28-48(41-30-42-39(29-38(31)41)37-22-11-12-23-40(37)49(42)36-20-9-4-10-21-36)35-26-24-34(25-27-35)46-47-43(32-16-5-2-6-17-32)45-44(50(45)46)33-18-7-3-8-19-33/h2-30,43-47H,1H2/b15-13-,28-14-. The highest BCUT2D eigenvalue weighted by Crippen LogP contribution is 2.59. The molecule has 1 N–H and O–H groups in total. The summed E-state index contributed by atoms with van der Waals surface area (Å²) in [5.74, 6) is 0. The summed E-state index contributed by atoms with van der Waals surface area (Å²) in [5.41, 5.74) is 11.8. The first kappa shape index (κ1) is 29.0. The van der Waals surface area contributed by atoms with Gasteiger partial charge in [-0.2, -0.15) is 0 Å². The molecule has 10 rings (SSSR count). The monoisotopic (exact) mass is 644 g/mol. The molecule has 2 fully saturated rings. The normalized spacial score (nSPS) is 23.6. The molecule has 0 aliphatic carbocycles. The zero-order valence-electron chi connectivity index (χ0n) is 27.6. The summed E-state index contributed by atoms with van der Waals surface area (Å²) >= 11 is 0. The molecule has 4 heteroatoms. The van der Waals surface area contributed by atoms with Crippen molar-refractivity contribution in [3.8, 4) is 5.69 Å². The number of rotatable bonds is 5. The second kappa shape index (κ2) is 11.6.